The third-order valence-electron chi connectivity index (χ3n) is 3.51. The molecule has 0 radical (unpaired) electrons. The summed E-state index contributed by atoms with van der Waals surface area (Å²) >= 11 is 0. The number of H-pyrrole nitrogens is 2. The van der Waals surface area contributed by atoms with Crippen LogP contribution in [0.5, 0.6) is 5.75 Å². The Balaban J connectivity index is 1.67. The van der Waals surface area contributed by atoms with Crippen molar-refractivity contribution in [1.82, 2.24) is 15.3 Å². The summed E-state index contributed by atoms with van der Waals surface area (Å²) < 4.78 is 5.53. The number of aryl methyl sites for hydroxylation is 1. The van der Waals surface area contributed by atoms with Gasteiger partial charge in [-0.2, -0.15) is 0 Å². The van der Waals surface area contributed by atoms with Crippen LogP contribution in [0, 0.1) is 6.92 Å². The van der Waals surface area contributed by atoms with E-state index in [1.165, 1.54) is 0 Å². The first kappa shape index (κ1) is 17.5. The highest BCUT2D eigenvalue weighted by Gasteiger charge is 2.08. The number of hydrogen-bond donors (Lipinski definition) is 3. The maximum Gasteiger partial charge on any atom is 0.325 e. The Hall–Kier alpha value is -2.83. The Bertz CT molecular complexity index is 780. The minimum atomic E-state index is -0.538. The van der Waals surface area contributed by atoms with Crippen LogP contribution in [0.15, 0.2) is 39.9 Å². The Labute approximate surface area is 139 Å². The maximum absolute atomic E-state index is 11.8. The molecule has 3 N–H and O–H groups in total. The van der Waals surface area contributed by atoms with Crippen molar-refractivity contribution >= 4 is 5.91 Å². The highest BCUT2D eigenvalue weighted by Crippen LogP contribution is 2.08. The summed E-state index contributed by atoms with van der Waals surface area (Å²) in [6.45, 7) is 2.67. The molecule has 0 atom stereocenters. The molecule has 2 rings (SSSR count). The molecule has 1 aromatic heterocycles. The number of aromatic nitrogens is 2. The fourth-order valence-electron chi connectivity index (χ4n) is 2.26. The zero-order chi connectivity index (χ0) is 17.4. The van der Waals surface area contributed by atoms with Gasteiger partial charge in [-0.1, -0.05) is 18.2 Å². The van der Waals surface area contributed by atoms with E-state index in [1.54, 1.807) is 6.92 Å². The molecule has 24 heavy (non-hydrogen) atoms. The molecule has 0 bridgehead atoms. The van der Waals surface area contributed by atoms with Crippen molar-refractivity contribution in [3.63, 3.8) is 0 Å². The quantitative estimate of drug-likeness (QED) is 0.625. The zero-order valence-corrected chi connectivity index (χ0v) is 13.6. The minimum Gasteiger partial charge on any atom is -0.494 e. The molecule has 2 aromatic rings. The summed E-state index contributed by atoms with van der Waals surface area (Å²) in [5.74, 6) is 0.663. The van der Waals surface area contributed by atoms with Crippen molar-refractivity contribution in [2.75, 3.05) is 13.2 Å². The lowest BCUT2D eigenvalue weighted by Gasteiger charge is -2.08. The molecule has 1 heterocycles. The van der Waals surface area contributed by atoms with Crippen LogP contribution in [0.4, 0.5) is 0 Å². The van der Waals surface area contributed by atoms with E-state index in [9.17, 15) is 14.4 Å². The molecule has 0 spiro atoms. The van der Waals surface area contributed by atoms with Gasteiger partial charge in [-0.25, -0.2) is 4.79 Å². The van der Waals surface area contributed by atoms with E-state index in [2.05, 4.69) is 15.3 Å². The van der Waals surface area contributed by atoms with Gasteiger partial charge in [-0.3, -0.25) is 14.6 Å². The number of ether oxygens (including phenoxy) is 1. The first-order chi connectivity index (χ1) is 11.6. The van der Waals surface area contributed by atoms with E-state index in [-0.39, 0.29) is 18.7 Å². The molecule has 0 unspecified atom stereocenters. The van der Waals surface area contributed by atoms with Gasteiger partial charge in [-0.15, -0.1) is 0 Å². The van der Waals surface area contributed by atoms with E-state index in [0.29, 0.717) is 30.8 Å². The maximum atomic E-state index is 11.8. The highest BCUT2D eigenvalue weighted by atomic mass is 16.5. The molecule has 0 fully saturated rings. The number of rotatable bonds is 8. The summed E-state index contributed by atoms with van der Waals surface area (Å²) in [6.07, 6.45) is 1.17. The summed E-state index contributed by atoms with van der Waals surface area (Å²) in [6, 6.07) is 9.47. The Morgan fingerprint density at radius 2 is 1.92 bits per heavy atom. The van der Waals surface area contributed by atoms with Crippen LogP contribution in [0.25, 0.3) is 0 Å². The molecule has 128 valence electrons. The van der Waals surface area contributed by atoms with Gasteiger partial charge >= 0.3 is 5.69 Å². The Morgan fingerprint density at radius 3 is 2.62 bits per heavy atom. The normalized spacial score (nSPS) is 10.4. The van der Waals surface area contributed by atoms with Crippen LogP contribution in [-0.2, 0) is 11.2 Å². The zero-order valence-electron chi connectivity index (χ0n) is 13.6. The third-order valence-corrected chi connectivity index (χ3v) is 3.51. The van der Waals surface area contributed by atoms with Crippen LogP contribution in [0.1, 0.15) is 24.1 Å². The first-order valence-electron chi connectivity index (χ1n) is 7.83. The van der Waals surface area contributed by atoms with E-state index < -0.39 is 11.2 Å². The van der Waals surface area contributed by atoms with Crippen LogP contribution in [-0.4, -0.2) is 29.0 Å². The fraction of sp³-hybridized carbons (Fsp3) is 0.353. The van der Waals surface area contributed by atoms with Crippen molar-refractivity contribution in [3.05, 3.63) is 62.4 Å². The van der Waals surface area contributed by atoms with Gasteiger partial charge in [0.15, 0.2) is 0 Å². The van der Waals surface area contributed by atoms with E-state index >= 15 is 0 Å². The van der Waals surface area contributed by atoms with Gasteiger partial charge in [0.05, 0.1) is 6.61 Å². The van der Waals surface area contributed by atoms with Crippen molar-refractivity contribution in [3.8, 4) is 5.75 Å². The van der Waals surface area contributed by atoms with Crippen molar-refractivity contribution in [2.45, 2.75) is 26.2 Å². The van der Waals surface area contributed by atoms with Gasteiger partial charge in [0, 0.05) is 24.2 Å². The minimum absolute atomic E-state index is 0.139. The average molecular weight is 331 g/mol. The molecule has 1 aromatic carbocycles. The Kier molecular flexibility index (Phi) is 6.36. The van der Waals surface area contributed by atoms with Gasteiger partial charge in [-0.05, 0) is 31.9 Å². The Morgan fingerprint density at radius 1 is 1.17 bits per heavy atom. The molecular formula is C17H21N3O4. The number of para-hydroxylation sites is 1. The molecule has 0 aliphatic rings. The molecule has 1 amide bonds. The van der Waals surface area contributed by atoms with E-state index in [0.717, 1.165) is 5.75 Å². The number of nitrogens with one attached hydrogen (secondary N) is 3. The predicted molar refractivity (Wildman–Crippen MR) is 90.3 cm³/mol. The summed E-state index contributed by atoms with van der Waals surface area (Å²) in [5, 5.41) is 2.79. The van der Waals surface area contributed by atoms with Gasteiger partial charge in [0.1, 0.15) is 5.75 Å². The first-order valence-corrected chi connectivity index (χ1v) is 7.83. The van der Waals surface area contributed by atoms with Gasteiger partial charge in [0.25, 0.3) is 5.56 Å². The molecule has 0 saturated heterocycles. The number of benzene rings is 1. The summed E-state index contributed by atoms with van der Waals surface area (Å²) in [4.78, 5) is 39.3. The number of aromatic amines is 2. The van der Waals surface area contributed by atoms with Crippen LogP contribution >= 0.6 is 0 Å². The SMILES string of the molecule is Cc1[nH]c(=O)[nH]c(=O)c1CCC(=O)NCCCOc1ccccc1. The summed E-state index contributed by atoms with van der Waals surface area (Å²) in [7, 11) is 0. The molecule has 0 saturated carbocycles. The smallest absolute Gasteiger partial charge is 0.325 e. The van der Waals surface area contributed by atoms with Crippen LogP contribution in [0.3, 0.4) is 0 Å². The highest BCUT2D eigenvalue weighted by molar-refractivity contribution is 5.76. The monoisotopic (exact) mass is 331 g/mol. The lowest BCUT2D eigenvalue weighted by atomic mass is 10.1. The molecular weight excluding hydrogens is 310 g/mol. The molecule has 7 nitrogen and oxygen atoms in total. The van der Waals surface area contributed by atoms with Crippen LogP contribution in [0.2, 0.25) is 0 Å². The van der Waals surface area contributed by atoms with Crippen LogP contribution < -0.4 is 21.3 Å². The topological polar surface area (TPSA) is 104 Å². The second-order valence-electron chi connectivity index (χ2n) is 5.38. The number of hydrogen-bond acceptors (Lipinski definition) is 4. The number of amides is 1. The summed E-state index contributed by atoms with van der Waals surface area (Å²) in [5.41, 5.74) is -0.0607. The predicted octanol–water partition coefficient (Wildman–Crippen LogP) is 0.890. The van der Waals surface area contributed by atoms with Crippen molar-refractivity contribution < 1.29 is 9.53 Å². The standard InChI is InChI=1S/C17H21N3O4/c1-12-14(16(22)20-17(23)19-12)8-9-15(21)18-10-5-11-24-13-6-3-2-4-7-13/h2-4,6-7H,5,8-11H2,1H3,(H,18,21)(H2,19,20,22,23). The lowest BCUT2D eigenvalue weighted by Crippen LogP contribution is -2.29. The molecule has 0 aliphatic carbocycles. The van der Waals surface area contributed by atoms with Gasteiger partial charge < -0.3 is 15.0 Å². The van der Waals surface area contributed by atoms with Crippen molar-refractivity contribution in [2.24, 2.45) is 0 Å². The van der Waals surface area contributed by atoms with E-state index in [1.807, 2.05) is 30.3 Å². The molecule has 7 heteroatoms. The number of carbonyl (C=O) groups is 1. The third kappa shape index (κ3) is 5.42. The molecule has 0 aliphatic heterocycles. The number of carbonyl (C=O) groups excluding carboxylic acids is 1. The average Bonchev–Trinajstić information content (AvgIpc) is 2.54. The second kappa shape index (κ2) is 8.71. The van der Waals surface area contributed by atoms with Crippen molar-refractivity contribution in [1.29, 1.82) is 0 Å². The second-order valence-corrected chi connectivity index (χ2v) is 5.38. The largest absolute Gasteiger partial charge is 0.494 e. The van der Waals surface area contributed by atoms with E-state index in [4.69, 9.17) is 4.74 Å². The lowest BCUT2D eigenvalue weighted by molar-refractivity contribution is -0.121. The van der Waals surface area contributed by atoms with Gasteiger partial charge in [0.2, 0.25) is 5.91 Å². The fourth-order valence-corrected chi connectivity index (χ4v) is 2.26.